The van der Waals surface area contributed by atoms with Crippen molar-refractivity contribution < 1.29 is 19.1 Å². The van der Waals surface area contributed by atoms with Crippen LogP contribution in [-0.2, 0) is 0 Å². The van der Waals surface area contributed by atoms with E-state index >= 15 is 0 Å². The normalized spacial score (nSPS) is 17.2. The summed E-state index contributed by atoms with van der Waals surface area (Å²) in [6, 6.07) is 4.21. The van der Waals surface area contributed by atoms with Crippen molar-refractivity contribution in [1.29, 1.82) is 0 Å². The van der Waals surface area contributed by atoms with Gasteiger partial charge in [0.15, 0.2) is 6.73 Å². The maximum atomic E-state index is 12.4. The molecule has 180 valence electrons. The standard InChI is InChI=1S/C21H20ClN9O4/c22-15-7-12(3-4-16(15)28-21(33)27-11-1-2-11)35-18-5-6-25-17-9-19(34-10-26-30-23)14(8-13(17)18)20(32)29-31-24/h3,5-9,11,16H,1-2,4,10H2,(H2,24,29,32)(H2,27,28,33). The number of halogens is 1. The van der Waals surface area contributed by atoms with E-state index in [2.05, 4.69) is 36.0 Å². The number of fused-ring (bicyclic) bond motifs is 1. The number of aromatic nitrogens is 1. The number of carbonyl (C=O) groups excluding carboxylic acids is 2. The van der Waals surface area contributed by atoms with Crippen molar-refractivity contribution in [1.82, 2.24) is 15.6 Å². The number of carbonyl (C=O) groups is 2. The summed E-state index contributed by atoms with van der Waals surface area (Å²) in [6.07, 6.45) is 7.35. The predicted octanol–water partition coefficient (Wildman–Crippen LogP) is 3.97. The van der Waals surface area contributed by atoms with E-state index in [1.807, 2.05) is 0 Å². The minimum Gasteiger partial charge on any atom is -0.487 e. The number of hydrogen-bond acceptors (Lipinski definition) is 7. The zero-order chi connectivity index (χ0) is 24.8. The molecule has 14 heteroatoms. The smallest absolute Gasteiger partial charge is 0.315 e. The minimum atomic E-state index is -0.765. The summed E-state index contributed by atoms with van der Waals surface area (Å²) in [5.74, 6) is 5.19. The predicted molar refractivity (Wildman–Crippen MR) is 125 cm³/mol. The second-order valence-corrected chi connectivity index (χ2v) is 8.05. The van der Waals surface area contributed by atoms with Crippen molar-refractivity contribution in [2.75, 3.05) is 6.73 Å². The number of ether oxygens (including phenoxy) is 2. The van der Waals surface area contributed by atoms with Gasteiger partial charge in [-0.05, 0) is 49.1 Å². The monoisotopic (exact) mass is 497 g/mol. The fourth-order valence-electron chi connectivity index (χ4n) is 3.34. The van der Waals surface area contributed by atoms with Crippen LogP contribution in [0.2, 0.25) is 0 Å². The number of urea groups is 1. The van der Waals surface area contributed by atoms with Crippen molar-refractivity contribution in [2.45, 2.75) is 31.3 Å². The van der Waals surface area contributed by atoms with Crippen LogP contribution in [0.4, 0.5) is 4.79 Å². The summed E-state index contributed by atoms with van der Waals surface area (Å²) < 4.78 is 11.4. The lowest BCUT2D eigenvalue weighted by atomic mass is 10.1. The zero-order valence-electron chi connectivity index (χ0n) is 18.2. The van der Waals surface area contributed by atoms with Gasteiger partial charge in [-0.3, -0.25) is 9.78 Å². The summed E-state index contributed by atoms with van der Waals surface area (Å²) in [7, 11) is 0. The lowest BCUT2D eigenvalue weighted by molar-refractivity contribution is 0.0990. The maximum absolute atomic E-state index is 12.4. The third-order valence-corrected chi connectivity index (χ3v) is 5.51. The van der Waals surface area contributed by atoms with Gasteiger partial charge in [-0.2, -0.15) is 0 Å². The molecule has 13 nitrogen and oxygen atoms in total. The number of pyridine rings is 1. The molecule has 2 aromatic rings. The van der Waals surface area contributed by atoms with Crippen LogP contribution in [0.1, 0.15) is 29.6 Å². The largest absolute Gasteiger partial charge is 0.487 e. The summed E-state index contributed by atoms with van der Waals surface area (Å²) in [5.41, 5.74) is 8.94. The second-order valence-electron chi connectivity index (χ2n) is 7.62. The van der Waals surface area contributed by atoms with Crippen LogP contribution in [0.15, 0.2) is 62.8 Å². The molecule has 1 aromatic heterocycles. The molecule has 1 unspecified atom stereocenters. The van der Waals surface area contributed by atoms with Gasteiger partial charge in [0.25, 0.3) is 0 Å². The lowest BCUT2D eigenvalue weighted by Gasteiger charge is -2.22. The topological polar surface area (TPSA) is 189 Å². The third-order valence-electron chi connectivity index (χ3n) is 5.14. The van der Waals surface area contributed by atoms with E-state index in [1.165, 1.54) is 18.3 Å². The van der Waals surface area contributed by atoms with Gasteiger partial charge >= 0.3 is 11.9 Å². The highest BCUT2D eigenvalue weighted by Crippen LogP contribution is 2.33. The van der Waals surface area contributed by atoms with E-state index in [9.17, 15) is 9.59 Å². The maximum Gasteiger partial charge on any atom is 0.315 e. The van der Waals surface area contributed by atoms with Crippen LogP contribution < -0.4 is 25.9 Å². The fraction of sp³-hybridized carbons (Fsp3) is 0.286. The van der Waals surface area contributed by atoms with Crippen LogP contribution >= 0.6 is 11.6 Å². The number of amides is 3. The Kier molecular flexibility index (Phi) is 7.29. The Morgan fingerprint density at radius 1 is 1.29 bits per heavy atom. The first-order valence-corrected chi connectivity index (χ1v) is 10.9. The zero-order valence-corrected chi connectivity index (χ0v) is 19.0. The van der Waals surface area contributed by atoms with Crippen LogP contribution in [0.5, 0.6) is 11.5 Å². The van der Waals surface area contributed by atoms with Crippen molar-refractivity contribution in [2.24, 2.45) is 21.3 Å². The quantitative estimate of drug-likeness (QED) is 0.162. The molecule has 0 spiro atoms. The molecule has 0 aliphatic heterocycles. The number of azide groups is 1. The van der Waals surface area contributed by atoms with E-state index in [1.54, 1.807) is 18.2 Å². The third kappa shape index (κ3) is 5.96. The van der Waals surface area contributed by atoms with E-state index < -0.39 is 5.91 Å². The first-order chi connectivity index (χ1) is 17.0. The molecule has 4 rings (SSSR count). The van der Waals surface area contributed by atoms with Crippen LogP contribution in [0.3, 0.4) is 0 Å². The van der Waals surface area contributed by atoms with Gasteiger partial charge in [0.2, 0.25) is 0 Å². The molecule has 0 bridgehead atoms. The highest BCUT2D eigenvalue weighted by Gasteiger charge is 2.26. The fourth-order valence-corrected chi connectivity index (χ4v) is 3.59. The molecule has 1 aromatic carbocycles. The lowest BCUT2D eigenvalue weighted by Crippen LogP contribution is -2.43. The number of allylic oxidation sites excluding steroid dienone is 1. The van der Waals surface area contributed by atoms with Crippen molar-refractivity contribution in [3.05, 3.63) is 63.3 Å². The van der Waals surface area contributed by atoms with Gasteiger partial charge in [0.05, 0.1) is 17.1 Å². The molecule has 35 heavy (non-hydrogen) atoms. The Balaban J connectivity index is 1.57. The SMILES string of the molecule is [N-]=[N+]=NCOc1cc2nccc(OC3=CCC(NC(=O)NC4CC4)C(Cl)=C3)c2cc1C(=O)N=NN. The Morgan fingerprint density at radius 2 is 2.11 bits per heavy atom. The van der Waals surface area contributed by atoms with E-state index in [0.717, 1.165) is 12.8 Å². The number of rotatable bonds is 8. The molecule has 3 amide bonds. The Hall–Kier alpha value is -4.35. The Labute approximate surface area is 203 Å². The van der Waals surface area contributed by atoms with Gasteiger partial charge in [-0.25, -0.2) is 4.79 Å². The molecule has 1 atom stereocenters. The molecular weight excluding hydrogens is 478 g/mol. The highest BCUT2D eigenvalue weighted by atomic mass is 35.5. The highest BCUT2D eigenvalue weighted by molar-refractivity contribution is 6.30. The number of benzene rings is 1. The average molecular weight is 498 g/mol. The molecule has 2 aliphatic rings. The molecule has 1 heterocycles. The van der Waals surface area contributed by atoms with Crippen molar-refractivity contribution in [3.63, 3.8) is 0 Å². The van der Waals surface area contributed by atoms with E-state index in [0.29, 0.717) is 33.9 Å². The molecule has 4 N–H and O–H groups in total. The molecule has 2 aliphatic carbocycles. The number of hydrogen-bond donors (Lipinski definition) is 3. The summed E-state index contributed by atoms with van der Waals surface area (Å²) in [4.78, 5) is 31.3. The Bertz CT molecular complexity index is 1300. The molecule has 0 radical (unpaired) electrons. The second kappa shape index (κ2) is 10.7. The minimum absolute atomic E-state index is 0.0230. The molecular formula is C21H20ClN9O4. The Morgan fingerprint density at radius 3 is 2.83 bits per heavy atom. The van der Waals surface area contributed by atoms with Crippen molar-refractivity contribution in [3.8, 4) is 11.5 Å². The number of nitrogens with one attached hydrogen (secondary N) is 2. The summed E-state index contributed by atoms with van der Waals surface area (Å²) >= 11 is 6.40. The number of nitrogens with two attached hydrogens (primary N) is 1. The number of nitrogens with zero attached hydrogens (tertiary/aromatic N) is 6. The van der Waals surface area contributed by atoms with Crippen LogP contribution in [-0.4, -0.2) is 35.7 Å². The molecule has 1 fully saturated rings. The van der Waals surface area contributed by atoms with Gasteiger partial charge < -0.3 is 25.9 Å². The first-order valence-electron chi connectivity index (χ1n) is 10.5. The molecule has 0 saturated heterocycles. The van der Waals surface area contributed by atoms with Crippen LogP contribution in [0, 0.1) is 0 Å². The van der Waals surface area contributed by atoms with Gasteiger partial charge in [0, 0.05) is 33.6 Å². The van der Waals surface area contributed by atoms with E-state index in [-0.39, 0.29) is 36.2 Å². The first kappa shape index (κ1) is 23.8. The van der Waals surface area contributed by atoms with Gasteiger partial charge in [0.1, 0.15) is 17.3 Å². The molecule has 1 saturated carbocycles. The summed E-state index contributed by atoms with van der Waals surface area (Å²) in [6.45, 7) is -0.345. The summed E-state index contributed by atoms with van der Waals surface area (Å²) in [5, 5.41) is 16.3. The van der Waals surface area contributed by atoms with Gasteiger partial charge in [-0.1, -0.05) is 27.1 Å². The van der Waals surface area contributed by atoms with Gasteiger partial charge in [-0.15, -0.1) is 0 Å². The van der Waals surface area contributed by atoms with E-state index in [4.69, 9.17) is 32.4 Å². The van der Waals surface area contributed by atoms with Crippen molar-refractivity contribution >= 4 is 34.4 Å². The van der Waals surface area contributed by atoms with Crippen LogP contribution in [0.25, 0.3) is 21.3 Å². The average Bonchev–Trinajstić information content (AvgIpc) is 3.65.